The normalized spacial score (nSPS) is 15.6. The van der Waals surface area contributed by atoms with Gasteiger partial charge in [-0.25, -0.2) is 0 Å². The Hall–Kier alpha value is -0.580. The summed E-state index contributed by atoms with van der Waals surface area (Å²) in [6, 6.07) is 2.69. The minimum absolute atomic E-state index is 0. The molecule has 0 spiro atoms. The highest BCUT2D eigenvalue weighted by atomic mass is 35.5. The highest BCUT2D eigenvalue weighted by Crippen LogP contribution is 2.17. The van der Waals surface area contributed by atoms with E-state index in [4.69, 9.17) is 0 Å². The third-order valence-corrected chi connectivity index (χ3v) is 3.00. The fourth-order valence-corrected chi connectivity index (χ4v) is 2.00. The van der Waals surface area contributed by atoms with Crippen LogP contribution in [0.15, 0.2) is 12.3 Å². The maximum Gasteiger partial charge on any atom is 0.151 e. The highest BCUT2D eigenvalue weighted by Gasteiger charge is 2.18. The molecule has 17 heavy (non-hydrogen) atoms. The molecule has 6 heteroatoms. The molecule has 1 aromatic heterocycles. The lowest BCUT2D eigenvalue weighted by Crippen LogP contribution is -2.41. The summed E-state index contributed by atoms with van der Waals surface area (Å²) in [5, 5.41) is 11.5. The van der Waals surface area contributed by atoms with Crippen LogP contribution in [-0.2, 0) is 0 Å². The van der Waals surface area contributed by atoms with Gasteiger partial charge in [0.25, 0.3) is 0 Å². The van der Waals surface area contributed by atoms with E-state index < -0.39 is 0 Å². The van der Waals surface area contributed by atoms with Crippen LogP contribution < -0.4 is 10.2 Å². The summed E-state index contributed by atoms with van der Waals surface area (Å²) in [5.41, 5.74) is 1.17. The van der Waals surface area contributed by atoms with E-state index >= 15 is 0 Å². The van der Waals surface area contributed by atoms with E-state index in [9.17, 15) is 0 Å². The van der Waals surface area contributed by atoms with Crippen molar-refractivity contribution in [2.24, 2.45) is 0 Å². The molecule has 0 saturated carbocycles. The van der Waals surface area contributed by atoms with Gasteiger partial charge in [0.05, 0.1) is 6.20 Å². The summed E-state index contributed by atoms with van der Waals surface area (Å²) in [4.78, 5) is 2.25. The van der Waals surface area contributed by atoms with Crippen LogP contribution in [0, 0.1) is 6.92 Å². The lowest BCUT2D eigenvalue weighted by molar-refractivity contribution is 0.441. The molecule has 0 radical (unpaired) electrons. The van der Waals surface area contributed by atoms with Gasteiger partial charge in [-0.2, -0.15) is 5.10 Å². The molecule has 4 nitrogen and oxygen atoms in total. The van der Waals surface area contributed by atoms with Crippen molar-refractivity contribution in [2.45, 2.75) is 25.8 Å². The van der Waals surface area contributed by atoms with E-state index in [1.807, 2.05) is 0 Å². The summed E-state index contributed by atoms with van der Waals surface area (Å²) >= 11 is 0. The van der Waals surface area contributed by atoms with E-state index in [1.165, 1.54) is 18.4 Å². The van der Waals surface area contributed by atoms with Gasteiger partial charge in [0.2, 0.25) is 0 Å². The first-order valence-electron chi connectivity index (χ1n) is 5.50. The van der Waals surface area contributed by atoms with Crippen LogP contribution in [0.4, 0.5) is 5.82 Å². The largest absolute Gasteiger partial charge is 0.355 e. The summed E-state index contributed by atoms with van der Waals surface area (Å²) < 4.78 is 0. The SMILES string of the molecule is Cc1cnnc(N(C)C2CCNCC2)c1.Cl.Cl. The number of hydrogen-bond acceptors (Lipinski definition) is 4. The summed E-state index contributed by atoms with van der Waals surface area (Å²) in [7, 11) is 2.11. The number of anilines is 1. The van der Waals surface area contributed by atoms with Crippen molar-refractivity contribution in [1.82, 2.24) is 15.5 Å². The number of nitrogens with one attached hydrogen (secondary N) is 1. The van der Waals surface area contributed by atoms with Gasteiger partial charge in [0.1, 0.15) is 0 Å². The molecule has 98 valence electrons. The molecule has 2 heterocycles. The monoisotopic (exact) mass is 278 g/mol. The smallest absolute Gasteiger partial charge is 0.151 e. The van der Waals surface area contributed by atoms with Crippen LogP contribution in [-0.4, -0.2) is 36.4 Å². The molecule has 0 bridgehead atoms. The van der Waals surface area contributed by atoms with Gasteiger partial charge >= 0.3 is 0 Å². The van der Waals surface area contributed by atoms with Gasteiger partial charge in [-0.3, -0.25) is 0 Å². The standard InChI is InChI=1S/C11H18N4.2ClH/c1-9-7-11(14-13-8-9)15(2)10-3-5-12-6-4-10;;/h7-8,10,12H,3-6H2,1-2H3;2*1H. The Kier molecular flexibility index (Phi) is 7.43. The zero-order valence-electron chi connectivity index (χ0n) is 10.2. The van der Waals surface area contributed by atoms with Crippen molar-refractivity contribution in [2.75, 3.05) is 25.0 Å². The van der Waals surface area contributed by atoms with E-state index in [1.54, 1.807) is 6.20 Å². The van der Waals surface area contributed by atoms with E-state index in [2.05, 4.69) is 40.5 Å². The molecule has 0 unspecified atom stereocenters. The Bertz CT molecular complexity index is 329. The quantitative estimate of drug-likeness (QED) is 0.896. The summed E-state index contributed by atoms with van der Waals surface area (Å²) in [6.07, 6.45) is 4.16. The van der Waals surface area contributed by atoms with Crippen LogP contribution in [0.2, 0.25) is 0 Å². The topological polar surface area (TPSA) is 41.1 Å². The van der Waals surface area contributed by atoms with Crippen molar-refractivity contribution < 1.29 is 0 Å². The Morgan fingerprint density at radius 3 is 2.53 bits per heavy atom. The number of halogens is 2. The molecule has 1 aliphatic rings. The first-order chi connectivity index (χ1) is 7.27. The Labute approximate surface area is 115 Å². The lowest BCUT2D eigenvalue weighted by Gasteiger charge is -2.32. The van der Waals surface area contributed by atoms with Gasteiger partial charge < -0.3 is 10.2 Å². The fraction of sp³-hybridized carbons (Fsp3) is 0.636. The molecule has 1 saturated heterocycles. The molecule has 0 atom stereocenters. The molecular weight excluding hydrogens is 259 g/mol. The average Bonchev–Trinajstić information content (AvgIpc) is 2.29. The molecule has 0 aliphatic carbocycles. The molecule has 2 rings (SSSR count). The molecule has 1 fully saturated rings. The Morgan fingerprint density at radius 2 is 1.94 bits per heavy atom. The molecule has 0 aromatic carbocycles. The zero-order valence-corrected chi connectivity index (χ0v) is 11.9. The summed E-state index contributed by atoms with van der Waals surface area (Å²) in [6.45, 7) is 4.26. The van der Waals surface area contributed by atoms with Gasteiger partial charge in [0.15, 0.2) is 5.82 Å². The number of aryl methyl sites for hydroxylation is 1. The number of piperidine rings is 1. The number of hydrogen-bond donors (Lipinski definition) is 1. The van der Waals surface area contributed by atoms with E-state index in [0.29, 0.717) is 6.04 Å². The van der Waals surface area contributed by atoms with Crippen LogP contribution in [0.3, 0.4) is 0 Å². The lowest BCUT2D eigenvalue weighted by atomic mass is 10.1. The van der Waals surface area contributed by atoms with Gasteiger partial charge in [0, 0.05) is 13.1 Å². The van der Waals surface area contributed by atoms with Crippen LogP contribution in [0.5, 0.6) is 0 Å². The van der Waals surface area contributed by atoms with Gasteiger partial charge in [-0.1, -0.05) is 0 Å². The number of rotatable bonds is 2. The Morgan fingerprint density at radius 1 is 1.29 bits per heavy atom. The van der Waals surface area contributed by atoms with Crippen molar-refractivity contribution >= 4 is 30.6 Å². The van der Waals surface area contributed by atoms with Crippen molar-refractivity contribution in [3.8, 4) is 0 Å². The van der Waals surface area contributed by atoms with E-state index in [-0.39, 0.29) is 24.8 Å². The maximum absolute atomic E-state index is 4.17. The maximum atomic E-state index is 4.17. The van der Waals surface area contributed by atoms with Crippen molar-refractivity contribution in [3.63, 3.8) is 0 Å². The first kappa shape index (κ1) is 16.4. The second-order valence-corrected chi connectivity index (χ2v) is 4.18. The third-order valence-electron chi connectivity index (χ3n) is 3.00. The predicted molar refractivity (Wildman–Crippen MR) is 75.6 cm³/mol. The second kappa shape index (κ2) is 7.69. The number of aromatic nitrogens is 2. The molecule has 1 aliphatic heterocycles. The first-order valence-corrected chi connectivity index (χ1v) is 5.50. The minimum Gasteiger partial charge on any atom is -0.355 e. The van der Waals surface area contributed by atoms with Crippen LogP contribution >= 0.6 is 24.8 Å². The molecule has 1 aromatic rings. The average molecular weight is 279 g/mol. The summed E-state index contributed by atoms with van der Waals surface area (Å²) in [5.74, 6) is 0.988. The van der Waals surface area contributed by atoms with Crippen molar-refractivity contribution in [3.05, 3.63) is 17.8 Å². The van der Waals surface area contributed by atoms with E-state index in [0.717, 1.165) is 18.9 Å². The van der Waals surface area contributed by atoms with Crippen LogP contribution in [0.25, 0.3) is 0 Å². The number of nitrogens with zero attached hydrogens (tertiary/aromatic N) is 3. The van der Waals surface area contributed by atoms with Crippen molar-refractivity contribution in [1.29, 1.82) is 0 Å². The fourth-order valence-electron chi connectivity index (χ4n) is 2.00. The molecule has 1 N–H and O–H groups in total. The highest BCUT2D eigenvalue weighted by molar-refractivity contribution is 5.85. The Balaban J connectivity index is 0.00000128. The predicted octanol–water partition coefficient (Wildman–Crippen LogP) is 1.82. The zero-order chi connectivity index (χ0) is 10.7. The van der Waals surface area contributed by atoms with Crippen LogP contribution in [0.1, 0.15) is 18.4 Å². The third kappa shape index (κ3) is 4.30. The van der Waals surface area contributed by atoms with Gasteiger partial charge in [-0.05, 0) is 44.5 Å². The second-order valence-electron chi connectivity index (χ2n) is 4.18. The minimum atomic E-state index is 0. The molecule has 0 amide bonds. The molecular formula is C11H20Cl2N4. The van der Waals surface area contributed by atoms with Gasteiger partial charge in [-0.15, -0.1) is 29.9 Å².